The van der Waals surface area contributed by atoms with E-state index in [-0.39, 0.29) is 12.1 Å². The normalized spacial score (nSPS) is 24.4. The van der Waals surface area contributed by atoms with Crippen LogP contribution in [0.3, 0.4) is 0 Å². The van der Waals surface area contributed by atoms with Crippen LogP contribution in [0.2, 0.25) is 5.02 Å². The minimum atomic E-state index is 0.175. The van der Waals surface area contributed by atoms with Crippen molar-refractivity contribution in [2.45, 2.75) is 44.7 Å². The smallest absolute Gasteiger partial charge is 0.137 e. The molecule has 1 fully saturated rings. The summed E-state index contributed by atoms with van der Waals surface area (Å²) >= 11 is 6.28. The van der Waals surface area contributed by atoms with Crippen LogP contribution in [0.15, 0.2) is 18.2 Å². The van der Waals surface area contributed by atoms with E-state index in [2.05, 4.69) is 17.9 Å². The molecule has 20 heavy (non-hydrogen) atoms. The van der Waals surface area contributed by atoms with Crippen molar-refractivity contribution >= 4 is 11.6 Å². The SMILES string of the molecule is CCCN1CCCCC(N)C1c1ccc(OC)c(Cl)c1. The molecule has 1 aliphatic rings. The lowest BCUT2D eigenvalue weighted by molar-refractivity contribution is 0.185. The topological polar surface area (TPSA) is 38.5 Å². The molecule has 0 aliphatic carbocycles. The Bertz CT molecular complexity index is 438. The largest absolute Gasteiger partial charge is 0.495 e. The highest BCUT2D eigenvalue weighted by molar-refractivity contribution is 6.32. The minimum Gasteiger partial charge on any atom is -0.495 e. The zero-order chi connectivity index (χ0) is 14.5. The molecule has 0 amide bonds. The van der Waals surface area contributed by atoms with Crippen LogP contribution in [0.1, 0.15) is 44.2 Å². The van der Waals surface area contributed by atoms with Crippen molar-refractivity contribution in [3.63, 3.8) is 0 Å². The van der Waals surface area contributed by atoms with Crippen molar-refractivity contribution in [1.82, 2.24) is 4.90 Å². The number of likely N-dealkylation sites (tertiary alicyclic amines) is 1. The van der Waals surface area contributed by atoms with Crippen molar-refractivity contribution in [3.05, 3.63) is 28.8 Å². The summed E-state index contributed by atoms with van der Waals surface area (Å²) in [7, 11) is 1.64. The number of halogens is 1. The molecule has 0 spiro atoms. The van der Waals surface area contributed by atoms with Crippen LogP contribution < -0.4 is 10.5 Å². The Hall–Kier alpha value is -0.770. The summed E-state index contributed by atoms with van der Waals surface area (Å²) in [6.45, 7) is 4.42. The Labute approximate surface area is 127 Å². The van der Waals surface area contributed by atoms with Gasteiger partial charge in [-0.25, -0.2) is 0 Å². The van der Waals surface area contributed by atoms with Gasteiger partial charge in [0, 0.05) is 12.1 Å². The standard InChI is InChI=1S/C16H25ClN2O/c1-3-9-19-10-5-4-6-14(18)16(19)12-7-8-15(20-2)13(17)11-12/h7-8,11,14,16H,3-6,9-10,18H2,1-2H3. The number of nitrogens with zero attached hydrogens (tertiary/aromatic N) is 1. The van der Waals surface area contributed by atoms with E-state index >= 15 is 0 Å². The Morgan fingerprint density at radius 1 is 1.40 bits per heavy atom. The van der Waals surface area contributed by atoms with Crippen LogP contribution in [0.5, 0.6) is 5.75 Å². The average molecular weight is 297 g/mol. The van der Waals surface area contributed by atoms with Gasteiger partial charge in [-0.3, -0.25) is 4.90 Å². The monoisotopic (exact) mass is 296 g/mol. The number of hydrogen-bond acceptors (Lipinski definition) is 3. The molecule has 0 radical (unpaired) electrons. The van der Waals surface area contributed by atoms with Crippen LogP contribution in [-0.4, -0.2) is 31.1 Å². The molecule has 0 saturated carbocycles. The van der Waals surface area contributed by atoms with E-state index in [0.717, 1.165) is 31.7 Å². The van der Waals surface area contributed by atoms with Gasteiger partial charge in [-0.15, -0.1) is 0 Å². The van der Waals surface area contributed by atoms with Crippen molar-refractivity contribution in [1.29, 1.82) is 0 Å². The summed E-state index contributed by atoms with van der Waals surface area (Å²) in [6.07, 6.45) is 4.66. The number of hydrogen-bond donors (Lipinski definition) is 1. The third-order valence-electron chi connectivity index (χ3n) is 4.06. The quantitative estimate of drug-likeness (QED) is 0.922. The zero-order valence-electron chi connectivity index (χ0n) is 12.4. The minimum absolute atomic E-state index is 0.175. The molecule has 3 nitrogen and oxygen atoms in total. The molecule has 0 aromatic heterocycles. The van der Waals surface area contributed by atoms with Gasteiger partial charge in [-0.2, -0.15) is 0 Å². The fourth-order valence-electron chi connectivity index (χ4n) is 3.13. The second kappa shape index (κ2) is 7.30. The molecule has 1 saturated heterocycles. The van der Waals surface area contributed by atoms with E-state index < -0.39 is 0 Å². The summed E-state index contributed by atoms with van der Waals surface area (Å²) < 4.78 is 5.24. The Morgan fingerprint density at radius 3 is 2.85 bits per heavy atom. The fraction of sp³-hybridized carbons (Fsp3) is 0.625. The first-order valence-electron chi connectivity index (χ1n) is 7.50. The second-order valence-corrected chi connectivity index (χ2v) is 5.94. The lowest BCUT2D eigenvalue weighted by atomic mass is 9.96. The van der Waals surface area contributed by atoms with Crippen LogP contribution in [0, 0.1) is 0 Å². The number of benzene rings is 1. The first-order valence-corrected chi connectivity index (χ1v) is 7.88. The van der Waals surface area contributed by atoms with Gasteiger partial charge in [0.25, 0.3) is 0 Å². The Morgan fingerprint density at radius 2 is 2.20 bits per heavy atom. The lowest BCUT2D eigenvalue weighted by Gasteiger charge is -2.33. The Kier molecular flexibility index (Phi) is 5.70. The van der Waals surface area contributed by atoms with Crippen LogP contribution in [-0.2, 0) is 0 Å². The van der Waals surface area contributed by atoms with E-state index in [0.29, 0.717) is 5.02 Å². The maximum Gasteiger partial charge on any atom is 0.137 e. The summed E-state index contributed by atoms with van der Waals surface area (Å²) in [4.78, 5) is 2.51. The van der Waals surface area contributed by atoms with Crippen molar-refractivity contribution in [3.8, 4) is 5.75 Å². The molecule has 1 heterocycles. The first kappa shape index (κ1) is 15.6. The summed E-state index contributed by atoms with van der Waals surface area (Å²) in [5.41, 5.74) is 7.64. The molecule has 4 heteroatoms. The highest BCUT2D eigenvalue weighted by Gasteiger charge is 2.28. The van der Waals surface area contributed by atoms with E-state index in [1.54, 1.807) is 7.11 Å². The van der Waals surface area contributed by atoms with E-state index in [9.17, 15) is 0 Å². The van der Waals surface area contributed by atoms with Crippen molar-refractivity contribution in [2.75, 3.05) is 20.2 Å². The highest BCUT2D eigenvalue weighted by Crippen LogP contribution is 2.34. The molecule has 112 valence electrons. The van der Waals surface area contributed by atoms with Crippen molar-refractivity contribution in [2.24, 2.45) is 5.73 Å². The Balaban J connectivity index is 2.31. The number of rotatable bonds is 4. The van der Waals surface area contributed by atoms with Gasteiger partial charge in [-0.1, -0.05) is 31.0 Å². The summed E-state index contributed by atoms with van der Waals surface area (Å²) in [6, 6.07) is 6.50. The molecule has 2 atom stereocenters. The van der Waals surface area contributed by atoms with E-state index in [4.69, 9.17) is 22.1 Å². The predicted octanol–water partition coefficient (Wildman–Crippen LogP) is 3.61. The summed E-state index contributed by atoms with van der Waals surface area (Å²) in [5.74, 6) is 0.722. The third-order valence-corrected chi connectivity index (χ3v) is 4.36. The van der Waals surface area contributed by atoms with Gasteiger partial charge in [-0.05, 0) is 50.0 Å². The van der Waals surface area contributed by atoms with Gasteiger partial charge >= 0.3 is 0 Å². The number of nitrogens with two attached hydrogens (primary N) is 1. The number of methoxy groups -OCH3 is 1. The maximum atomic E-state index is 6.44. The van der Waals surface area contributed by atoms with Crippen molar-refractivity contribution < 1.29 is 4.74 Å². The third kappa shape index (κ3) is 3.46. The van der Waals surface area contributed by atoms with Crippen LogP contribution >= 0.6 is 11.6 Å². The fourth-order valence-corrected chi connectivity index (χ4v) is 3.39. The second-order valence-electron chi connectivity index (χ2n) is 5.53. The van der Waals surface area contributed by atoms with E-state index in [1.165, 1.54) is 18.4 Å². The molecular weight excluding hydrogens is 272 g/mol. The van der Waals surface area contributed by atoms with Gasteiger partial charge in [0.15, 0.2) is 0 Å². The molecule has 2 rings (SSSR count). The molecule has 2 unspecified atom stereocenters. The van der Waals surface area contributed by atoms with Gasteiger partial charge < -0.3 is 10.5 Å². The molecule has 1 aromatic rings. The molecule has 1 aliphatic heterocycles. The van der Waals surface area contributed by atoms with E-state index in [1.807, 2.05) is 12.1 Å². The number of ether oxygens (including phenoxy) is 1. The van der Waals surface area contributed by atoms with Crippen LogP contribution in [0.25, 0.3) is 0 Å². The average Bonchev–Trinajstić information content (AvgIpc) is 2.61. The molecule has 1 aromatic carbocycles. The molecular formula is C16H25ClN2O. The molecule has 0 bridgehead atoms. The van der Waals surface area contributed by atoms with Crippen LogP contribution in [0.4, 0.5) is 0 Å². The lowest BCUT2D eigenvalue weighted by Crippen LogP contribution is -2.40. The predicted molar refractivity (Wildman–Crippen MR) is 84.4 cm³/mol. The van der Waals surface area contributed by atoms with Gasteiger partial charge in [0.2, 0.25) is 0 Å². The van der Waals surface area contributed by atoms with Gasteiger partial charge in [0.05, 0.1) is 12.1 Å². The van der Waals surface area contributed by atoms with Gasteiger partial charge in [0.1, 0.15) is 5.75 Å². The first-order chi connectivity index (χ1) is 9.67. The maximum absolute atomic E-state index is 6.44. The zero-order valence-corrected chi connectivity index (χ0v) is 13.2. The highest BCUT2D eigenvalue weighted by atomic mass is 35.5. The summed E-state index contributed by atoms with van der Waals surface area (Å²) in [5, 5.41) is 0.665. The molecule has 2 N–H and O–H groups in total.